The summed E-state index contributed by atoms with van der Waals surface area (Å²) >= 11 is 0. The molecule has 0 radical (unpaired) electrons. The SMILES string of the molecule is CC(C)(C)OC(=O)N1[C@H](Cc2ccccc2)C(=O)O[C@@H](c2ccccc2)[C@H]1c1ccccc1. The van der Waals surface area contributed by atoms with Crippen molar-refractivity contribution < 1.29 is 19.1 Å². The monoisotopic (exact) mass is 443 g/mol. The summed E-state index contributed by atoms with van der Waals surface area (Å²) in [7, 11) is 0. The maximum absolute atomic E-state index is 13.6. The zero-order valence-electron chi connectivity index (χ0n) is 19.2. The van der Waals surface area contributed by atoms with Crippen LogP contribution in [0.4, 0.5) is 4.79 Å². The van der Waals surface area contributed by atoms with Crippen LogP contribution in [-0.2, 0) is 20.7 Å². The second kappa shape index (κ2) is 9.49. The first kappa shape index (κ1) is 22.6. The molecule has 1 heterocycles. The average Bonchev–Trinajstić information content (AvgIpc) is 2.80. The molecule has 0 aliphatic carbocycles. The molecule has 1 saturated heterocycles. The molecule has 4 rings (SSSR count). The Morgan fingerprint density at radius 3 is 1.91 bits per heavy atom. The molecule has 1 aliphatic rings. The first-order valence-electron chi connectivity index (χ1n) is 11.2. The predicted molar refractivity (Wildman–Crippen MR) is 126 cm³/mol. The van der Waals surface area contributed by atoms with Gasteiger partial charge in [-0.25, -0.2) is 9.59 Å². The molecule has 0 N–H and O–H groups in total. The van der Waals surface area contributed by atoms with E-state index in [0.717, 1.165) is 16.7 Å². The van der Waals surface area contributed by atoms with E-state index in [1.54, 1.807) is 4.90 Å². The summed E-state index contributed by atoms with van der Waals surface area (Å²) < 4.78 is 11.9. The van der Waals surface area contributed by atoms with Gasteiger partial charge in [0.2, 0.25) is 0 Å². The Balaban J connectivity index is 1.83. The van der Waals surface area contributed by atoms with E-state index >= 15 is 0 Å². The molecule has 0 saturated carbocycles. The normalized spacial score (nSPS) is 20.8. The van der Waals surface area contributed by atoms with Crippen molar-refractivity contribution >= 4 is 12.1 Å². The number of carbonyl (C=O) groups excluding carboxylic acids is 2. The first-order chi connectivity index (χ1) is 15.8. The molecule has 5 nitrogen and oxygen atoms in total. The van der Waals surface area contributed by atoms with Gasteiger partial charge in [0.05, 0.1) is 0 Å². The van der Waals surface area contributed by atoms with Crippen LogP contribution >= 0.6 is 0 Å². The molecule has 1 aliphatic heterocycles. The van der Waals surface area contributed by atoms with Crippen LogP contribution < -0.4 is 0 Å². The summed E-state index contributed by atoms with van der Waals surface area (Å²) in [6, 6.07) is 27.5. The number of carbonyl (C=O) groups is 2. The summed E-state index contributed by atoms with van der Waals surface area (Å²) in [5, 5.41) is 0. The van der Waals surface area contributed by atoms with Gasteiger partial charge < -0.3 is 9.47 Å². The van der Waals surface area contributed by atoms with E-state index in [2.05, 4.69) is 0 Å². The van der Waals surface area contributed by atoms with Gasteiger partial charge in [-0.3, -0.25) is 4.90 Å². The number of benzene rings is 3. The highest BCUT2D eigenvalue weighted by Gasteiger charge is 2.49. The lowest BCUT2D eigenvalue weighted by Crippen LogP contribution is -2.56. The largest absolute Gasteiger partial charge is 0.453 e. The lowest BCUT2D eigenvalue weighted by Gasteiger charge is -2.45. The predicted octanol–water partition coefficient (Wildman–Crippen LogP) is 5.87. The minimum absolute atomic E-state index is 0.337. The van der Waals surface area contributed by atoms with Crippen molar-refractivity contribution in [3.63, 3.8) is 0 Å². The third kappa shape index (κ3) is 5.25. The summed E-state index contributed by atoms with van der Waals surface area (Å²) in [5.41, 5.74) is 1.94. The molecular weight excluding hydrogens is 414 g/mol. The van der Waals surface area contributed by atoms with Gasteiger partial charge >= 0.3 is 12.1 Å². The highest BCUT2D eigenvalue weighted by Crippen LogP contribution is 2.43. The van der Waals surface area contributed by atoms with E-state index in [9.17, 15) is 9.59 Å². The molecule has 3 aromatic carbocycles. The number of amides is 1. The van der Waals surface area contributed by atoms with Crippen molar-refractivity contribution in [2.45, 2.75) is 51.0 Å². The van der Waals surface area contributed by atoms with Crippen molar-refractivity contribution in [2.75, 3.05) is 0 Å². The molecule has 0 spiro atoms. The minimum atomic E-state index is -0.813. The summed E-state index contributed by atoms with van der Waals surface area (Å²) in [5.74, 6) is -0.439. The molecule has 3 aromatic rings. The van der Waals surface area contributed by atoms with E-state index in [4.69, 9.17) is 9.47 Å². The first-order valence-corrected chi connectivity index (χ1v) is 11.2. The maximum Gasteiger partial charge on any atom is 0.411 e. The van der Waals surface area contributed by atoms with Crippen LogP contribution in [0.5, 0.6) is 0 Å². The van der Waals surface area contributed by atoms with Crippen LogP contribution in [0.1, 0.15) is 49.6 Å². The quantitative estimate of drug-likeness (QED) is 0.473. The van der Waals surface area contributed by atoms with Crippen molar-refractivity contribution in [1.29, 1.82) is 0 Å². The van der Waals surface area contributed by atoms with Crippen molar-refractivity contribution in [3.05, 3.63) is 108 Å². The standard InChI is InChI=1S/C28H29NO4/c1-28(2,3)33-27(31)29-23(19-20-13-7-4-8-14-20)26(30)32-25(22-17-11-6-12-18-22)24(29)21-15-9-5-10-16-21/h4-18,23-25H,19H2,1-3H3/t23-,24-,25+/m1/s1. The Bertz CT molecular complexity index is 1080. The van der Waals surface area contributed by atoms with Crippen LogP contribution in [-0.4, -0.2) is 28.6 Å². The number of hydrogen-bond donors (Lipinski definition) is 0. The molecule has 1 fully saturated rings. The van der Waals surface area contributed by atoms with Gasteiger partial charge in [-0.05, 0) is 37.5 Å². The zero-order chi connectivity index (χ0) is 23.4. The lowest BCUT2D eigenvalue weighted by atomic mass is 9.90. The van der Waals surface area contributed by atoms with Crippen molar-refractivity contribution in [3.8, 4) is 0 Å². The second-order valence-corrected chi connectivity index (χ2v) is 9.22. The van der Waals surface area contributed by atoms with Crippen molar-refractivity contribution in [2.24, 2.45) is 0 Å². The molecular formula is C28H29NO4. The molecule has 3 atom stereocenters. The van der Waals surface area contributed by atoms with Gasteiger partial charge in [-0.1, -0.05) is 91.0 Å². The second-order valence-electron chi connectivity index (χ2n) is 9.22. The highest BCUT2D eigenvalue weighted by atomic mass is 16.6. The lowest BCUT2D eigenvalue weighted by molar-refractivity contribution is -0.174. The third-order valence-corrected chi connectivity index (χ3v) is 5.58. The fourth-order valence-corrected chi connectivity index (χ4v) is 4.17. The Labute approximate surface area is 194 Å². The Morgan fingerprint density at radius 1 is 0.848 bits per heavy atom. The Kier molecular flexibility index (Phi) is 6.50. The highest BCUT2D eigenvalue weighted by molar-refractivity contribution is 5.84. The molecule has 0 aromatic heterocycles. The van der Waals surface area contributed by atoms with Gasteiger partial charge in [0.15, 0.2) is 6.10 Å². The van der Waals surface area contributed by atoms with E-state index in [0.29, 0.717) is 6.42 Å². The van der Waals surface area contributed by atoms with Crippen LogP contribution in [0.2, 0.25) is 0 Å². The number of cyclic esters (lactones) is 1. The number of nitrogens with zero attached hydrogens (tertiary/aromatic N) is 1. The number of ether oxygens (including phenoxy) is 2. The fourth-order valence-electron chi connectivity index (χ4n) is 4.17. The third-order valence-electron chi connectivity index (χ3n) is 5.58. The van der Waals surface area contributed by atoms with Gasteiger partial charge in [0, 0.05) is 6.42 Å². The van der Waals surface area contributed by atoms with Crippen LogP contribution in [0, 0.1) is 0 Å². The van der Waals surface area contributed by atoms with Gasteiger partial charge in [-0.15, -0.1) is 0 Å². The van der Waals surface area contributed by atoms with Crippen LogP contribution in [0.3, 0.4) is 0 Å². The Hall–Kier alpha value is -3.60. The van der Waals surface area contributed by atoms with Gasteiger partial charge in [0.1, 0.15) is 17.7 Å². The van der Waals surface area contributed by atoms with Crippen LogP contribution in [0.25, 0.3) is 0 Å². The van der Waals surface area contributed by atoms with E-state index in [-0.39, 0.29) is 0 Å². The molecule has 0 unspecified atom stereocenters. The van der Waals surface area contributed by atoms with E-state index in [1.807, 2.05) is 112 Å². The molecule has 170 valence electrons. The Morgan fingerprint density at radius 2 is 1.36 bits per heavy atom. The summed E-state index contributed by atoms with van der Waals surface area (Å²) in [4.78, 5) is 28.6. The maximum atomic E-state index is 13.6. The molecule has 1 amide bonds. The summed E-state index contributed by atoms with van der Waals surface area (Å²) in [6.45, 7) is 5.47. The topological polar surface area (TPSA) is 55.8 Å². The smallest absolute Gasteiger partial charge is 0.411 e. The number of morpholine rings is 1. The molecule has 33 heavy (non-hydrogen) atoms. The minimum Gasteiger partial charge on any atom is -0.453 e. The van der Waals surface area contributed by atoms with Crippen molar-refractivity contribution in [1.82, 2.24) is 4.90 Å². The number of rotatable bonds is 4. The van der Waals surface area contributed by atoms with Gasteiger partial charge in [0.25, 0.3) is 0 Å². The van der Waals surface area contributed by atoms with E-state index in [1.165, 1.54) is 0 Å². The summed E-state index contributed by atoms with van der Waals surface area (Å²) in [6.07, 6.45) is -0.848. The molecule has 5 heteroatoms. The number of esters is 1. The molecule has 0 bridgehead atoms. The van der Waals surface area contributed by atoms with E-state index < -0.39 is 35.9 Å². The number of hydrogen-bond acceptors (Lipinski definition) is 4. The van der Waals surface area contributed by atoms with Crippen LogP contribution in [0.15, 0.2) is 91.0 Å². The average molecular weight is 444 g/mol. The zero-order valence-corrected chi connectivity index (χ0v) is 19.2. The fraction of sp³-hybridized carbons (Fsp3) is 0.286. The van der Waals surface area contributed by atoms with Gasteiger partial charge in [-0.2, -0.15) is 0 Å².